The van der Waals surface area contributed by atoms with Gasteiger partial charge in [-0.3, -0.25) is 0 Å². The van der Waals surface area contributed by atoms with Gasteiger partial charge in [0.2, 0.25) is 0 Å². The van der Waals surface area contributed by atoms with Crippen molar-refractivity contribution in [1.82, 2.24) is 4.40 Å². The number of hydrogen-bond donors (Lipinski definition) is 1. The summed E-state index contributed by atoms with van der Waals surface area (Å²) in [6.07, 6.45) is 0. The molecule has 2 heteroatoms. The summed E-state index contributed by atoms with van der Waals surface area (Å²) in [4.78, 5) is 0. The van der Waals surface area contributed by atoms with E-state index in [1.165, 1.54) is 54.8 Å². The molecule has 2 heterocycles. The highest BCUT2D eigenvalue weighted by Crippen LogP contribution is 2.43. The van der Waals surface area contributed by atoms with Gasteiger partial charge in [-0.25, -0.2) is 0 Å². The lowest BCUT2D eigenvalue weighted by Crippen LogP contribution is -2.11. The summed E-state index contributed by atoms with van der Waals surface area (Å²) in [6.45, 7) is 20.6. The summed E-state index contributed by atoms with van der Waals surface area (Å²) in [5.41, 5.74) is 10.6. The second-order valence-electron chi connectivity index (χ2n) is 14.2. The Bertz CT molecular complexity index is 1810. The molecule has 2 nitrogen and oxygen atoms in total. The number of nitrogens with zero attached hydrogens (tertiary/aromatic N) is 1. The molecule has 0 saturated carbocycles. The average Bonchev–Trinajstić information content (AvgIpc) is 3.33. The van der Waals surface area contributed by atoms with Crippen LogP contribution in [-0.4, -0.2) is 4.40 Å². The third kappa shape index (κ3) is 3.93. The molecule has 1 N–H and O–H groups in total. The molecule has 0 aliphatic heterocycles. The van der Waals surface area contributed by atoms with E-state index in [0.717, 1.165) is 11.4 Å². The van der Waals surface area contributed by atoms with E-state index in [1.807, 2.05) is 0 Å². The zero-order valence-corrected chi connectivity index (χ0v) is 24.4. The third-order valence-electron chi connectivity index (χ3n) is 8.16. The summed E-state index contributed by atoms with van der Waals surface area (Å²) in [6, 6.07) is 27.6. The Hall–Kier alpha value is -3.52. The second kappa shape index (κ2) is 7.99. The van der Waals surface area contributed by atoms with Crippen LogP contribution in [0, 0.1) is 0 Å². The molecular weight excluding hydrogens is 460 g/mol. The van der Waals surface area contributed by atoms with Crippen molar-refractivity contribution in [2.24, 2.45) is 0 Å². The minimum atomic E-state index is 0.0637. The number of hydrogen-bond acceptors (Lipinski definition) is 1. The number of rotatable bonds is 2. The minimum Gasteiger partial charge on any atom is -0.356 e. The second-order valence-corrected chi connectivity index (χ2v) is 14.2. The summed E-state index contributed by atoms with van der Waals surface area (Å²) in [5.74, 6) is 0. The van der Waals surface area contributed by atoms with Gasteiger partial charge in [0.15, 0.2) is 0 Å². The Morgan fingerprint density at radius 2 is 0.895 bits per heavy atom. The van der Waals surface area contributed by atoms with E-state index in [0.29, 0.717) is 0 Å². The molecule has 0 amide bonds. The lowest BCUT2D eigenvalue weighted by Gasteiger charge is -2.20. The van der Waals surface area contributed by atoms with E-state index in [-0.39, 0.29) is 16.2 Å². The average molecular weight is 501 g/mol. The fraction of sp³-hybridized carbons (Fsp3) is 0.333. The molecule has 0 unspecified atom stereocenters. The molecule has 0 bridgehead atoms. The van der Waals surface area contributed by atoms with Crippen LogP contribution in [0.2, 0.25) is 0 Å². The van der Waals surface area contributed by atoms with Gasteiger partial charge in [-0.1, -0.05) is 80.5 Å². The molecule has 194 valence electrons. The van der Waals surface area contributed by atoms with Crippen LogP contribution in [0.25, 0.3) is 38.1 Å². The van der Waals surface area contributed by atoms with Gasteiger partial charge in [0.1, 0.15) is 0 Å². The predicted octanol–water partition coefficient (Wildman–Crippen LogP) is 10.5. The van der Waals surface area contributed by atoms with Gasteiger partial charge in [0.05, 0.1) is 16.6 Å². The van der Waals surface area contributed by atoms with Gasteiger partial charge in [-0.05, 0) is 87.5 Å². The van der Waals surface area contributed by atoms with Crippen LogP contribution in [0.3, 0.4) is 0 Å². The molecule has 6 rings (SSSR count). The van der Waals surface area contributed by atoms with Crippen LogP contribution in [0.5, 0.6) is 0 Å². The highest BCUT2D eigenvalue weighted by molar-refractivity contribution is 6.24. The molecule has 4 aromatic carbocycles. The van der Waals surface area contributed by atoms with Gasteiger partial charge in [0.25, 0.3) is 0 Å². The van der Waals surface area contributed by atoms with Crippen LogP contribution in [0.1, 0.15) is 79.0 Å². The predicted molar refractivity (Wildman–Crippen MR) is 167 cm³/mol. The first-order valence-electron chi connectivity index (χ1n) is 13.9. The standard InChI is InChI=1S/C36H40N2/c1-34(2,3)22-10-13-25(14-11-22)37-26-15-17-32-28(21-26)30-20-24(36(7,8)9)19-29-27-18-23(35(4,5)6)12-16-31(27)38(32)33(29)30/h10-21,37H,1-9H3. The van der Waals surface area contributed by atoms with Crippen molar-refractivity contribution in [3.8, 4) is 0 Å². The van der Waals surface area contributed by atoms with Crippen molar-refractivity contribution in [2.75, 3.05) is 5.32 Å². The number of aromatic nitrogens is 1. The van der Waals surface area contributed by atoms with E-state index in [4.69, 9.17) is 0 Å². The van der Waals surface area contributed by atoms with Crippen LogP contribution in [0.4, 0.5) is 11.4 Å². The van der Waals surface area contributed by atoms with Crippen LogP contribution in [-0.2, 0) is 16.2 Å². The van der Waals surface area contributed by atoms with Crippen molar-refractivity contribution in [1.29, 1.82) is 0 Å². The van der Waals surface area contributed by atoms with Gasteiger partial charge in [0, 0.05) is 32.9 Å². The summed E-state index contributed by atoms with van der Waals surface area (Å²) in [5, 5.41) is 9.01. The van der Waals surface area contributed by atoms with Crippen molar-refractivity contribution >= 4 is 49.5 Å². The topological polar surface area (TPSA) is 16.4 Å². The Balaban J connectivity index is 1.57. The van der Waals surface area contributed by atoms with Gasteiger partial charge >= 0.3 is 0 Å². The van der Waals surface area contributed by atoms with Crippen LogP contribution in [0.15, 0.2) is 72.8 Å². The van der Waals surface area contributed by atoms with Crippen molar-refractivity contribution in [3.05, 3.63) is 89.5 Å². The normalized spacial score (nSPS) is 13.4. The molecule has 2 aromatic heterocycles. The van der Waals surface area contributed by atoms with E-state index < -0.39 is 0 Å². The molecule has 0 atom stereocenters. The van der Waals surface area contributed by atoms with Crippen LogP contribution < -0.4 is 5.32 Å². The third-order valence-corrected chi connectivity index (χ3v) is 8.16. The quantitative estimate of drug-likeness (QED) is 0.250. The van der Waals surface area contributed by atoms with E-state index >= 15 is 0 Å². The Morgan fingerprint density at radius 1 is 0.447 bits per heavy atom. The maximum atomic E-state index is 3.66. The molecule has 0 aliphatic rings. The van der Waals surface area contributed by atoms with Gasteiger partial charge in [-0.2, -0.15) is 0 Å². The first-order chi connectivity index (χ1) is 17.7. The highest BCUT2D eigenvalue weighted by Gasteiger charge is 2.24. The highest BCUT2D eigenvalue weighted by atomic mass is 14.9. The Morgan fingerprint density at radius 3 is 1.45 bits per heavy atom. The number of nitrogens with one attached hydrogen (secondary N) is 1. The van der Waals surface area contributed by atoms with Gasteiger partial charge in [-0.15, -0.1) is 0 Å². The Kier molecular flexibility index (Phi) is 5.21. The SMILES string of the molecule is CC(C)(C)c1ccc(Nc2ccc3c(c2)c2cc(C(C)(C)C)cc4c5cc(C(C)(C)C)ccc5n3c24)cc1. The molecule has 38 heavy (non-hydrogen) atoms. The summed E-state index contributed by atoms with van der Waals surface area (Å²) in [7, 11) is 0. The first-order valence-corrected chi connectivity index (χ1v) is 13.9. The number of benzene rings is 4. The molecule has 6 aromatic rings. The summed E-state index contributed by atoms with van der Waals surface area (Å²) >= 11 is 0. The fourth-order valence-corrected chi connectivity index (χ4v) is 5.75. The van der Waals surface area contributed by atoms with Crippen molar-refractivity contribution in [2.45, 2.75) is 78.6 Å². The van der Waals surface area contributed by atoms with Gasteiger partial charge < -0.3 is 9.72 Å². The number of anilines is 2. The zero-order valence-electron chi connectivity index (χ0n) is 24.4. The lowest BCUT2D eigenvalue weighted by molar-refractivity contribution is 0.590. The fourth-order valence-electron chi connectivity index (χ4n) is 5.75. The zero-order chi connectivity index (χ0) is 27.2. The monoisotopic (exact) mass is 500 g/mol. The summed E-state index contributed by atoms with van der Waals surface area (Å²) < 4.78 is 2.48. The molecule has 0 aliphatic carbocycles. The molecule has 0 fully saturated rings. The van der Waals surface area contributed by atoms with Crippen molar-refractivity contribution < 1.29 is 0 Å². The van der Waals surface area contributed by atoms with E-state index in [9.17, 15) is 0 Å². The number of fused-ring (bicyclic) bond motifs is 6. The largest absolute Gasteiger partial charge is 0.356 e. The molecule has 0 saturated heterocycles. The van der Waals surface area contributed by atoms with E-state index in [2.05, 4.69) is 145 Å². The molecule has 0 spiro atoms. The maximum absolute atomic E-state index is 3.66. The molecule has 0 radical (unpaired) electrons. The first kappa shape index (κ1) is 24.8. The minimum absolute atomic E-state index is 0.0637. The van der Waals surface area contributed by atoms with Crippen molar-refractivity contribution in [3.63, 3.8) is 0 Å². The molecular formula is C36H40N2. The van der Waals surface area contributed by atoms with E-state index in [1.54, 1.807) is 0 Å². The smallest absolute Gasteiger partial charge is 0.0620 e. The van der Waals surface area contributed by atoms with Crippen LogP contribution >= 0.6 is 0 Å². The Labute approximate surface area is 227 Å². The maximum Gasteiger partial charge on any atom is 0.0620 e. The lowest BCUT2D eigenvalue weighted by atomic mass is 9.84.